The van der Waals surface area contributed by atoms with Crippen LogP contribution in [-0.4, -0.2) is 77.8 Å². The second kappa shape index (κ2) is 8.29. The van der Waals surface area contributed by atoms with Crippen molar-refractivity contribution in [3.63, 3.8) is 0 Å². The van der Waals surface area contributed by atoms with Gasteiger partial charge in [0, 0.05) is 18.6 Å². The smallest absolute Gasteiger partial charge is 0.336 e. The molecule has 2 aromatic heterocycles. The van der Waals surface area contributed by atoms with Crippen molar-refractivity contribution >= 4 is 11.9 Å². The van der Waals surface area contributed by atoms with Crippen molar-refractivity contribution in [2.75, 3.05) is 13.7 Å². The number of tetrazole rings is 1. The lowest BCUT2D eigenvalue weighted by molar-refractivity contribution is -0.139. The number of hydrogen-bond donors (Lipinski definition) is 0. The topological polar surface area (TPSA) is 119 Å². The summed E-state index contributed by atoms with van der Waals surface area (Å²) in [7, 11) is 2.10. The van der Waals surface area contributed by atoms with Gasteiger partial charge in [0.25, 0.3) is 0 Å². The third-order valence-corrected chi connectivity index (χ3v) is 7.41. The first-order valence-electron chi connectivity index (χ1n) is 11.3. The van der Waals surface area contributed by atoms with Crippen molar-refractivity contribution in [1.82, 2.24) is 40.2 Å². The van der Waals surface area contributed by atoms with Crippen LogP contribution < -0.4 is 0 Å². The van der Waals surface area contributed by atoms with Crippen LogP contribution in [0, 0.1) is 5.41 Å². The fraction of sp³-hybridized carbons (Fsp3) is 0.591. The van der Waals surface area contributed by atoms with Gasteiger partial charge in [-0.15, -0.1) is 10.2 Å². The van der Waals surface area contributed by atoms with Crippen molar-refractivity contribution in [3.05, 3.63) is 35.4 Å². The Balaban J connectivity index is 1.21. The van der Waals surface area contributed by atoms with E-state index in [1.807, 2.05) is 17.0 Å². The number of amides is 1. The minimum Gasteiger partial charge on any atom is -0.456 e. The summed E-state index contributed by atoms with van der Waals surface area (Å²) in [6, 6.07) is 4.25. The molecule has 2 fully saturated rings. The first kappa shape index (κ1) is 21.6. The number of nitrogens with zero attached hydrogens (tertiary/aromatic N) is 8. The van der Waals surface area contributed by atoms with Gasteiger partial charge in [-0.25, -0.2) is 4.79 Å². The molecule has 0 bridgehead atoms. The molecule has 4 heterocycles. The van der Waals surface area contributed by atoms with Gasteiger partial charge in [0.05, 0.1) is 22.4 Å². The van der Waals surface area contributed by atoms with Gasteiger partial charge in [-0.3, -0.25) is 9.69 Å². The predicted octanol–water partition coefficient (Wildman–Crippen LogP) is 1.26. The zero-order chi connectivity index (χ0) is 23.2. The van der Waals surface area contributed by atoms with Gasteiger partial charge in [0.1, 0.15) is 12.9 Å². The Labute approximate surface area is 191 Å². The molecule has 0 radical (unpaired) electrons. The van der Waals surface area contributed by atoms with E-state index in [-0.39, 0.29) is 29.9 Å². The Morgan fingerprint density at radius 1 is 1.21 bits per heavy atom. The SMILES string of the molecule is CC1=C(N2C(=O)C3(CCC(N(C)Cc4ccc(-n5cnnn5)nn4)CC3)C[C@H]2C)COC1=O. The number of rotatable bonds is 5. The van der Waals surface area contributed by atoms with Crippen LogP contribution in [0.3, 0.4) is 0 Å². The number of carbonyl (C=O) groups is 2. The van der Waals surface area contributed by atoms with Crippen LogP contribution >= 0.6 is 0 Å². The van der Waals surface area contributed by atoms with E-state index in [4.69, 9.17) is 4.74 Å². The molecule has 11 heteroatoms. The molecule has 1 spiro atoms. The normalized spacial score (nSPS) is 27.8. The minimum absolute atomic E-state index is 0.0835. The Bertz CT molecular complexity index is 1070. The van der Waals surface area contributed by atoms with Crippen molar-refractivity contribution in [3.8, 4) is 5.82 Å². The van der Waals surface area contributed by atoms with Crippen LogP contribution in [0.4, 0.5) is 0 Å². The number of aromatic nitrogens is 6. The third kappa shape index (κ3) is 3.79. The van der Waals surface area contributed by atoms with Crippen LogP contribution in [0.15, 0.2) is 29.7 Å². The summed E-state index contributed by atoms with van der Waals surface area (Å²) in [4.78, 5) is 29.5. The number of cyclic esters (lactones) is 1. The lowest BCUT2D eigenvalue weighted by atomic mass is 9.70. The zero-order valence-electron chi connectivity index (χ0n) is 19.1. The number of ether oxygens (including phenoxy) is 1. The number of hydrogen-bond acceptors (Lipinski definition) is 9. The highest BCUT2D eigenvalue weighted by Crippen LogP contribution is 2.49. The Morgan fingerprint density at radius 3 is 2.61 bits per heavy atom. The summed E-state index contributed by atoms with van der Waals surface area (Å²) in [5.74, 6) is 0.419. The number of esters is 1. The summed E-state index contributed by atoms with van der Waals surface area (Å²) in [6.45, 7) is 4.71. The molecule has 0 unspecified atom stereocenters. The van der Waals surface area contributed by atoms with Gasteiger partial charge in [-0.1, -0.05) is 0 Å². The fourth-order valence-corrected chi connectivity index (χ4v) is 5.53. The largest absolute Gasteiger partial charge is 0.456 e. The first-order valence-corrected chi connectivity index (χ1v) is 11.3. The summed E-state index contributed by atoms with van der Waals surface area (Å²) in [5.41, 5.74) is 1.85. The molecule has 174 valence electrons. The van der Waals surface area contributed by atoms with E-state index in [0.717, 1.165) is 43.5 Å². The van der Waals surface area contributed by atoms with Crippen molar-refractivity contribution in [2.24, 2.45) is 5.41 Å². The standard InChI is InChI=1S/C22H28N8O3/c1-14-10-22(21(32)30(14)18-12-33-20(31)15(18)2)8-6-17(7-9-22)28(3)11-16-4-5-19(25-24-16)29-13-23-26-27-29/h4-5,13-14,17H,6-12H2,1-3H3/t14-,17?,22?/m1/s1. The summed E-state index contributed by atoms with van der Waals surface area (Å²) in [6.07, 6.45) is 5.92. The van der Waals surface area contributed by atoms with Crippen LogP contribution in [0.25, 0.3) is 5.82 Å². The van der Waals surface area contributed by atoms with Gasteiger partial charge in [-0.2, -0.15) is 9.78 Å². The average molecular weight is 453 g/mol. The van der Waals surface area contributed by atoms with Gasteiger partial charge in [0.15, 0.2) is 5.82 Å². The second-order valence-electron chi connectivity index (χ2n) is 9.44. The molecule has 0 aromatic carbocycles. The Kier molecular flexibility index (Phi) is 5.43. The molecule has 1 saturated heterocycles. The third-order valence-electron chi connectivity index (χ3n) is 7.41. The predicted molar refractivity (Wildman–Crippen MR) is 115 cm³/mol. The summed E-state index contributed by atoms with van der Waals surface area (Å²) >= 11 is 0. The molecular weight excluding hydrogens is 424 g/mol. The van der Waals surface area contributed by atoms with Gasteiger partial charge in [0.2, 0.25) is 5.91 Å². The fourth-order valence-electron chi connectivity index (χ4n) is 5.53. The molecule has 1 aliphatic carbocycles. The molecule has 0 N–H and O–H groups in total. The van der Waals surface area contributed by atoms with Crippen LogP contribution in [0.1, 0.15) is 51.6 Å². The summed E-state index contributed by atoms with van der Waals surface area (Å²) in [5, 5.41) is 19.6. The minimum atomic E-state index is -0.330. The van der Waals surface area contributed by atoms with E-state index < -0.39 is 0 Å². The maximum Gasteiger partial charge on any atom is 0.336 e. The van der Waals surface area contributed by atoms with Crippen LogP contribution in [-0.2, 0) is 20.9 Å². The molecule has 1 atom stereocenters. The molecule has 3 aliphatic rings. The Morgan fingerprint density at radius 2 is 2.00 bits per heavy atom. The molecule has 2 aromatic rings. The summed E-state index contributed by atoms with van der Waals surface area (Å²) < 4.78 is 6.63. The highest BCUT2D eigenvalue weighted by Gasteiger charge is 2.53. The zero-order valence-corrected chi connectivity index (χ0v) is 19.1. The van der Waals surface area contributed by atoms with Crippen molar-refractivity contribution in [2.45, 2.75) is 64.6 Å². The van der Waals surface area contributed by atoms with E-state index in [0.29, 0.717) is 24.0 Å². The molecule has 33 heavy (non-hydrogen) atoms. The lowest BCUT2D eigenvalue weighted by Gasteiger charge is -2.39. The van der Waals surface area contributed by atoms with E-state index in [2.05, 4.69) is 44.6 Å². The molecule has 5 rings (SSSR count). The molecule has 11 nitrogen and oxygen atoms in total. The molecule has 1 amide bonds. The van der Waals surface area contributed by atoms with Gasteiger partial charge in [-0.05, 0) is 75.6 Å². The average Bonchev–Trinajstić information content (AvgIpc) is 3.51. The van der Waals surface area contributed by atoms with Crippen molar-refractivity contribution in [1.29, 1.82) is 0 Å². The highest BCUT2D eigenvalue weighted by atomic mass is 16.5. The van der Waals surface area contributed by atoms with Gasteiger partial charge >= 0.3 is 5.97 Å². The first-order chi connectivity index (χ1) is 15.9. The van der Waals surface area contributed by atoms with E-state index in [1.165, 1.54) is 11.0 Å². The van der Waals surface area contributed by atoms with Gasteiger partial charge < -0.3 is 9.64 Å². The molecular formula is C22H28N8O3. The monoisotopic (exact) mass is 452 g/mol. The number of carbonyl (C=O) groups excluding carboxylic acids is 2. The lowest BCUT2D eigenvalue weighted by Crippen LogP contribution is -2.42. The van der Waals surface area contributed by atoms with E-state index >= 15 is 0 Å². The number of likely N-dealkylation sites (tertiary alicyclic amines) is 1. The Hall–Kier alpha value is -3.21. The van der Waals surface area contributed by atoms with Crippen LogP contribution in [0.2, 0.25) is 0 Å². The van der Waals surface area contributed by atoms with E-state index in [9.17, 15) is 9.59 Å². The van der Waals surface area contributed by atoms with E-state index in [1.54, 1.807) is 6.92 Å². The molecule has 1 saturated carbocycles. The highest BCUT2D eigenvalue weighted by molar-refractivity contribution is 5.94. The quantitative estimate of drug-likeness (QED) is 0.618. The maximum atomic E-state index is 13.5. The second-order valence-corrected chi connectivity index (χ2v) is 9.44. The molecule has 2 aliphatic heterocycles. The van der Waals surface area contributed by atoms with Crippen molar-refractivity contribution < 1.29 is 14.3 Å². The van der Waals surface area contributed by atoms with Crippen LogP contribution in [0.5, 0.6) is 0 Å². The maximum absolute atomic E-state index is 13.5.